The minimum atomic E-state index is -4.84. The van der Waals surface area contributed by atoms with Crippen molar-refractivity contribution >= 4 is 23.3 Å². The summed E-state index contributed by atoms with van der Waals surface area (Å²) in [6, 6.07) is 2.65. The number of rotatable bonds is 2. The summed E-state index contributed by atoms with van der Waals surface area (Å²) in [7, 11) is 0. The van der Waals surface area contributed by atoms with Crippen molar-refractivity contribution in [3.63, 3.8) is 0 Å². The van der Waals surface area contributed by atoms with Gasteiger partial charge in [0.15, 0.2) is 5.54 Å². The molecule has 1 aromatic heterocycles. The van der Waals surface area contributed by atoms with Gasteiger partial charge in [0.2, 0.25) is 0 Å². The van der Waals surface area contributed by atoms with E-state index in [9.17, 15) is 18.0 Å². The van der Waals surface area contributed by atoms with Crippen molar-refractivity contribution in [2.45, 2.75) is 18.6 Å². The van der Waals surface area contributed by atoms with Crippen LogP contribution < -0.4 is 11.1 Å². The fourth-order valence-electron chi connectivity index (χ4n) is 0.825. The number of carbonyl (C=O) groups is 1. The van der Waals surface area contributed by atoms with Crippen LogP contribution in [0.2, 0.25) is 5.02 Å². The Kier molecular flexibility index (Phi) is 3.63. The number of halogens is 4. The number of pyridine rings is 1. The average Bonchev–Trinajstić information content (AvgIpc) is 2.19. The van der Waals surface area contributed by atoms with Crippen molar-refractivity contribution in [3.8, 4) is 0 Å². The lowest BCUT2D eigenvalue weighted by Gasteiger charge is -2.25. The highest BCUT2D eigenvalue weighted by Gasteiger charge is 2.54. The van der Waals surface area contributed by atoms with Crippen LogP contribution in [0.1, 0.15) is 6.92 Å². The zero-order valence-corrected chi connectivity index (χ0v) is 9.43. The monoisotopic (exact) mass is 267 g/mol. The van der Waals surface area contributed by atoms with Gasteiger partial charge in [-0.25, -0.2) is 4.98 Å². The normalized spacial score (nSPS) is 15.2. The highest BCUT2D eigenvalue weighted by Crippen LogP contribution is 2.28. The SMILES string of the molecule is CC(N)(C(=O)Nc1ccc(Cl)cn1)C(F)(F)F. The van der Waals surface area contributed by atoms with Crippen LogP contribution in [-0.2, 0) is 4.79 Å². The summed E-state index contributed by atoms with van der Waals surface area (Å²) in [6.07, 6.45) is -3.65. The molecule has 0 aliphatic carbocycles. The van der Waals surface area contributed by atoms with E-state index in [-0.39, 0.29) is 5.82 Å². The molecule has 17 heavy (non-hydrogen) atoms. The van der Waals surface area contributed by atoms with Crippen molar-refractivity contribution in [1.82, 2.24) is 4.98 Å². The average molecular weight is 268 g/mol. The van der Waals surface area contributed by atoms with Crippen LogP contribution in [0.25, 0.3) is 0 Å². The van der Waals surface area contributed by atoms with Crippen LogP contribution in [-0.4, -0.2) is 22.6 Å². The van der Waals surface area contributed by atoms with Crippen molar-refractivity contribution in [2.75, 3.05) is 5.32 Å². The lowest BCUT2D eigenvalue weighted by molar-refractivity contribution is -0.184. The van der Waals surface area contributed by atoms with E-state index in [0.717, 1.165) is 0 Å². The van der Waals surface area contributed by atoms with Crippen molar-refractivity contribution in [2.24, 2.45) is 5.73 Å². The van der Waals surface area contributed by atoms with Gasteiger partial charge in [-0.05, 0) is 19.1 Å². The maximum absolute atomic E-state index is 12.4. The van der Waals surface area contributed by atoms with Gasteiger partial charge in [-0.2, -0.15) is 13.2 Å². The van der Waals surface area contributed by atoms with Gasteiger partial charge in [-0.15, -0.1) is 0 Å². The number of carbonyl (C=O) groups excluding carboxylic acids is 1. The molecule has 0 saturated carbocycles. The van der Waals surface area contributed by atoms with Gasteiger partial charge in [0.25, 0.3) is 5.91 Å². The third kappa shape index (κ3) is 3.07. The Labute approximate surface area is 100.0 Å². The van der Waals surface area contributed by atoms with Crippen molar-refractivity contribution in [3.05, 3.63) is 23.4 Å². The van der Waals surface area contributed by atoms with Gasteiger partial charge in [-0.1, -0.05) is 11.6 Å². The first-order chi connectivity index (χ1) is 7.64. The molecule has 0 radical (unpaired) electrons. The Hall–Kier alpha value is -1.34. The van der Waals surface area contributed by atoms with E-state index < -0.39 is 17.6 Å². The number of nitrogens with two attached hydrogens (primary N) is 1. The number of alkyl halides is 3. The number of nitrogens with zero attached hydrogens (tertiary/aromatic N) is 1. The number of anilines is 1. The van der Waals surface area contributed by atoms with Gasteiger partial charge in [0, 0.05) is 6.20 Å². The smallest absolute Gasteiger partial charge is 0.310 e. The van der Waals surface area contributed by atoms with Crippen LogP contribution in [0.5, 0.6) is 0 Å². The lowest BCUT2D eigenvalue weighted by Crippen LogP contribution is -2.59. The van der Waals surface area contributed by atoms with Crippen LogP contribution >= 0.6 is 11.6 Å². The van der Waals surface area contributed by atoms with E-state index in [1.807, 2.05) is 5.32 Å². The molecule has 0 aromatic carbocycles. The van der Waals surface area contributed by atoms with Gasteiger partial charge in [0.1, 0.15) is 5.82 Å². The summed E-state index contributed by atoms with van der Waals surface area (Å²) in [5.41, 5.74) is 1.95. The molecule has 0 bridgehead atoms. The largest absolute Gasteiger partial charge is 0.415 e. The lowest BCUT2D eigenvalue weighted by atomic mass is 10.0. The molecular weight excluding hydrogens is 259 g/mol. The molecule has 0 fully saturated rings. The third-order valence-corrected chi connectivity index (χ3v) is 2.25. The molecule has 1 rings (SSSR count). The molecule has 1 amide bonds. The van der Waals surface area contributed by atoms with Gasteiger partial charge < -0.3 is 11.1 Å². The van der Waals surface area contributed by atoms with Crippen LogP contribution in [0.15, 0.2) is 18.3 Å². The first-order valence-corrected chi connectivity index (χ1v) is 4.81. The predicted molar refractivity (Wildman–Crippen MR) is 56.5 cm³/mol. The van der Waals surface area contributed by atoms with Crippen LogP contribution in [0, 0.1) is 0 Å². The summed E-state index contributed by atoms with van der Waals surface area (Å²) in [5.74, 6) is -1.44. The molecular formula is C9H9ClF3N3O. The van der Waals surface area contributed by atoms with E-state index in [2.05, 4.69) is 4.98 Å². The Bertz CT molecular complexity index is 416. The quantitative estimate of drug-likeness (QED) is 0.861. The Morgan fingerprint density at radius 3 is 2.47 bits per heavy atom. The topological polar surface area (TPSA) is 68.0 Å². The fourth-order valence-corrected chi connectivity index (χ4v) is 0.936. The third-order valence-electron chi connectivity index (χ3n) is 2.03. The second kappa shape index (κ2) is 4.50. The van der Waals surface area contributed by atoms with Gasteiger partial charge >= 0.3 is 6.18 Å². The van der Waals surface area contributed by atoms with E-state index in [4.69, 9.17) is 17.3 Å². The standard InChI is InChI=1S/C9H9ClF3N3O/c1-8(14,9(11,12)13)7(17)16-6-3-2-5(10)4-15-6/h2-4H,14H2,1H3,(H,15,16,17). The number of hydrogen-bond acceptors (Lipinski definition) is 3. The molecule has 4 nitrogen and oxygen atoms in total. The van der Waals surface area contributed by atoms with E-state index in [0.29, 0.717) is 11.9 Å². The zero-order valence-electron chi connectivity index (χ0n) is 8.68. The zero-order chi connectivity index (χ0) is 13.3. The fraction of sp³-hybridized carbons (Fsp3) is 0.333. The molecule has 1 unspecified atom stereocenters. The maximum atomic E-state index is 12.4. The number of aromatic nitrogens is 1. The predicted octanol–water partition coefficient (Wildman–Crippen LogP) is 1.95. The summed E-state index contributed by atoms with van der Waals surface area (Å²) in [5, 5.41) is 2.26. The number of nitrogens with one attached hydrogen (secondary N) is 1. The Morgan fingerprint density at radius 2 is 2.06 bits per heavy atom. The molecule has 94 valence electrons. The Morgan fingerprint density at radius 1 is 1.47 bits per heavy atom. The van der Waals surface area contributed by atoms with E-state index >= 15 is 0 Å². The molecule has 0 aliphatic rings. The molecule has 1 heterocycles. The molecule has 3 N–H and O–H groups in total. The maximum Gasteiger partial charge on any atom is 0.415 e. The van der Waals surface area contributed by atoms with Gasteiger partial charge in [-0.3, -0.25) is 4.79 Å². The van der Waals surface area contributed by atoms with Crippen LogP contribution in [0.3, 0.4) is 0 Å². The second-order valence-electron chi connectivity index (χ2n) is 3.52. The molecule has 8 heteroatoms. The summed E-state index contributed by atoms with van der Waals surface area (Å²) in [6.45, 7) is 0.582. The summed E-state index contributed by atoms with van der Waals surface area (Å²) in [4.78, 5) is 15.0. The first kappa shape index (κ1) is 13.7. The summed E-state index contributed by atoms with van der Waals surface area (Å²) < 4.78 is 37.3. The van der Waals surface area contributed by atoms with Gasteiger partial charge in [0.05, 0.1) is 5.02 Å². The number of hydrogen-bond donors (Lipinski definition) is 2. The molecule has 1 aromatic rings. The minimum Gasteiger partial charge on any atom is -0.310 e. The minimum absolute atomic E-state index is 0.0553. The molecule has 1 atom stereocenters. The molecule has 0 aliphatic heterocycles. The molecule has 0 saturated heterocycles. The van der Waals surface area contributed by atoms with Crippen molar-refractivity contribution < 1.29 is 18.0 Å². The van der Waals surface area contributed by atoms with Crippen molar-refractivity contribution in [1.29, 1.82) is 0 Å². The molecule has 0 spiro atoms. The Balaban J connectivity index is 2.83. The van der Waals surface area contributed by atoms with Crippen LogP contribution in [0.4, 0.5) is 19.0 Å². The number of amides is 1. The van der Waals surface area contributed by atoms with E-state index in [1.165, 1.54) is 18.3 Å². The highest BCUT2D eigenvalue weighted by atomic mass is 35.5. The highest BCUT2D eigenvalue weighted by molar-refractivity contribution is 6.30. The van der Waals surface area contributed by atoms with E-state index in [1.54, 1.807) is 0 Å². The summed E-state index contributed by atoms with van der Waals surface area (Å²) >= 11 is 5.53. The first-order valence-electron chi connectivity index (χ1n) is 4.43. The second-order valence-corrected chi connectivity index (χ2v) is 3.95.